The smallest absolute Gasteiger partial charge is 0.255 e. The fourth-order valence-electron chi connectivity index (χ4n) is 3.11. The van der Waals surface area contributed by atoms with Crippen LogP contribution in [0.25, 0.3) is 0 Å². The van der Waals surface area contributed by atoms with E-state index >= 15 is 0 Å². The van der Waals surface area contributed by atoms with Gasteiger partial charge in [-0.3, -0.25) is 14.4 Å². The Morgan fingerprint density at radius 1 is 0.923 bits per heavy atom. The SMILES string of the molecule is O=C1C=C(NC(=O)c2ccccc2)C(=O)C=C1NCCN1CCCCC1. The number of hydrogen-bond acceptors (Lipinski definition) is 5. The molecule has 0 atom stereocenters. The number of carbonyl (C=O) groups is 3. The minimum absolute atomic E-state index is 0.00503. The highest BCUT2D eigenvalue weighted by molar-refractivity contribution is 6.21. The van der Waals surface area contributed by atoms with Crippen molar-refractivity contribution in [2.45, 2.75) is 19.3 Å². The highest BCUT2D eigenvalue weighted by atomic mass is 16.2. The third-order valence-corrected chi connectivity index (χ3v) is 4.56. The Hall–Kier alpha value is -2.73. The number of nitrogens with zero attached hydrogens (tertiary/aromatic N) is 1. The van der Waals surface area contributed by atoms with Gasteiger partial charge in [-0.15, -0.1) is 0 Å². The van der Waals surface area contributed by atoms with Crippen molar-refractivity contribution in [2.24, 2.45) is 0 Å². The standard InChI is InChI=1S/C20H23N3O3/c24-18-14-17(22-20(26)15-7-3-1-4-8-15)19(25)13-16(18)21-9-12-23-10-5-2-6-11-23/h1,3-4,7-8,13-14,21H,2,5-6,9-12H2,(H,22,26). The summed E-state index contributed by atoms with van der Waals surface area (Å²) < 4.78 is 0. The second-order valence-corrected chi connectivity index (χ2v) is 6.49. The average Bonchev–Trinajstić information content (AvgIpc) is 2.67. The molecule has 6 nitrogen and oxygen atoms in total. The lowest BCUT2D eigenvalue weighted by molar-refractivity contribution is -0.115. The maximum Gasteiger partial charge on any atom is 0.255 e. The van der Waals surface area contributed by atoms with E-state index in [0.717, 1.165) is 19.6 Å². The Bertz CT molecular complexity index is 747. The number of rotatable bonds is 6. The molecule has 2 N–H and O–H groups in total. The molecular formula is C20H23N3O3. The zero-order valence-corrected chi connectivity index (χ0v) is 14.7. The molecule has 26 heavy (non-hydrogen) atoms. The average molecular weight is 353 g/mol. The molecule has 1 aromatic rings. The van der Waals surface area contributed by atoms with E-state index in [2.05, 4.69) is 15.5 Å². The fraction of sp³-hybridized carbons (Fsp3) is 0.350. The summed E-state index contributed by atoms with van der Waals surface area (Å²) in [6.45, 7) is 3.64. The van der Waals surface area contributed by atoms with E-state index < -0.39 is 5.91 Å². The predicted molar refractivity (Wildman–Crippen MR) is 98.4 cm³/mol. The van der Waals surface area contributed by atoms with Crippen molar-refractivity contribution in [1.82, 2.24) is 15.5 Å². The molecule has 1 amide bonds. The van der Waals surface area contributed by atoms with E-state index in [1.54, 1.807) is 30.3 Å². The zero-order chi connectivity index (χ0) is 18.4. The molecule has 1 aliphatic carbocycles. The summed E-state index contributed by atoms with van der Waals surface area (Å²) in [5.74, 6) is -1.09. The molecule has 0 unspecified atom stereocenters. The van der Waals surface area contributed by atoms with Gasteiger partial charge in [0.15, 0.2) is 0 Å². The van der Waals surface area contributed by atoms with Crippen LogP contribution in [-0.4, -0.2) is 48.6 Å². The Labute approximate surface area is 152 Å². The van der Waals surface area contributed by atoms with Gasteiger partial charge in [0.25, 0.3) is 5.91 Å². The second kappa shape index (κ2) is 8.58. The van der Waals surface area contributed by atoms with Gasteiger partial charge >= 0.3 is 0 Å². The lowest BCUT2D eigenvalue weighted by Crippen LogP contribution is -2.37. The molecule has 0 bridgehead atoms. The molecule has 2 aliphatic rings. The van der Waals surface area contributed by atoms with Gasteiger partial charge in [0.05, 0.1) is 11.4 Å². The fourth-order valence-corrected chi connectivity index (χ4v) is 3.11. The lowest BCUT2D eigenvalue weighted by atomic mass is 10.1. The number of likely N-dealkylation sites (tertiary alicyclic amines) is 1. The van der Waals surface area contributed by atoms with Gasteiger partial charge in [-0.25, -0.2) is 0 Å². The molecule has 0 saturated carbocycles. The van der Waals surface area contributed by atoms with E-state index in [9.17, 15) is 14.4 Å². The van der Waals surface area contributed by atoms with Gasteiger partial charge in [0.1, 0.15) is 0 Å². The second-order valence-electron chi connectivity index (χ2n) is 6.49. The molecule has 0 aromatic heterocycles. The van der Waals surface area contributed by atoms with Crippen LogP contribution in [0.15, 0.2) is 53.9 Å². The Morgan fingerprint density at radius 3 is 2.31 bits per heavy atom. The molecular weight excluding hydrogens is 330 g/mol. The first-order chi connectivity index (χ1) is 12.6. The normalized spacial score (nSPS) is 18.2. The van der Waals surface area contributed by atoms with Crippen LogP contribution in [0.5, 0.6) is 0 Å². The molecule has 0 spiro atoms. The molecule has 0 radical (unpaired) electrons. The van der Waals surface area contributed by atoms with Crippen LogP contribution in [-0.2, 0) is 9.59 Å². The quantitative estimate of drug-likeness (QED) is 0.756. The van der Waals surface area contributed by atoms with Crippen LogP contribution in [0.2, 0.25) is 0 Å². The van der Waals surface area contributed by atoms with Crippen molar-refractivity contribution in [1.29, 1.82) is 0 Å². The van der Waals surface area contributed by atoms with Gasteiger partial charge in [-0.2, -0.15) is 0 Å². The minimum atomic E-state index is -0.409. The molecule has 1 saturated heterocycles. The number of ketones is 2. The number of allylic oxidation sites excluding steroid dienone is 2. The van der Waals surface area contributed by atoms with Crippen LogP contribution in [0.3, 0.4) is 0 Å². The molecule has 1 fully saturated rings. The van der Waals surface area contributed by atoms with Crippen molar-refractivity contribution < 1.29 is 14.4 Å². The van der Waals surface area contributed by atoms with Crippen LogP contribution in [0.1, 0.15) is 29.6 Å². The largest absolute Gasteiger partial charge is 0.380 e. The Balaban J connectivity index is 1.53. The first-order valence-electron chi connectivity index (χ1n) is 8.98. The monoisotopic (exact) mass is 353 g/mol. The third kappa shape index (κ3) is 4.67. The molecule has 1 heterocycles. The molecule has 1 aromatic carbocycles. The van der Waals surface area contributed by atoms with Gasteiger partial charge in [0, 0.05) is 30.8 Å². The van der Waals surface area contributed by atoms with E-state index in [4.69, 9.17) is 0 Å². The van der Waals surface area contributed by atoms with Crippen LogP contribution in [0, 0.1) is 0 Å². The number of hydrogen-bond donors (Lipinski definition) is 2. The van der Waals surface area contributed by atoms with Crippen LogP contribution >= 0.6 is 0 Å². The molecule has 3 rings (SSSR count). The van der Waals surface area contributed by atoms with E-state index in [0.29, 0.717) is 12.1 Å². The molecule has 6 heteroatoms. The summed E-state index contributed by atoms with van der Waals surface area (Å²) in [5.41, 5.74) is 0.721. The Kier molecular flexibility index (Phi) is 5.96. The predicted octanol–water partition coefficient (Wildman–Crippen LogP) is 1.41. The lowest BCUT2D eigenvalue weighted by Gasteiger charge is -2.26. The first kappa shape index (κ1) is 18.1. The summed E-state index contributed by atoms with van der Waals surface area (Å²) in [7, 11) is 0. The Morgan fingerprint density at radius 2 is 1.58 bits per heavy atom. The van der Waals surface area contributed by atoms with Crippen molar-refractivity contribution >= 4 is 17.5 Å². The number of amides is 1. The summed E-state index contributed by atoms with van der Waals surface area (Å²) in [5, 5.41) is 5.56. The topological polar surface area (TPSA) is 78.5 Å². The van der Waals surface area contributed by atoms with E-state index in [-0.39, 0.29) is 23.0 Å². The first-order valence-corrected chi connectivity index (χ1v) is 8.98. The number of piperidine rings is 1. The number of carbonyl (C=O) groups excluding carboxylic acids is 3. The summed E-state index contributed by atoms with van der Waals surface area (Å²) in [4.78, 5) is 38.9. The summed E-state index contributed by atoms with van der Waals surface area (Å²) in [6.07, 6.45) is 6.16. The van der Waals surface area contributed by atoms with Gasteiger partial charge in [0.2, 0.25) is 11.6 Å². The zero-order valence-electron chi connectivity index (χ0n) is 14.7. The highest BCUT2D eigenvalue weighted by Gasteiger charge is 2.22. The molecule has 136 valence electrons. The minimum Gasteiger partial charge on any atom is -0.380 e. The maximum absolute atomic E-state index is 12.2. The molecule has 1 aliphatic heterocycles. The number of nitrogens with one attached hydrogen (secondary N) is 2. The van der Waals surface area contributed by atoms with Crippen LogP contribution in [0.4, 0.5) is 0 Å². The maximum atomic E-state index is 12.2. The van der Waals surface area contributed by atoms with Gasteiger partial charge in [-0.1, -0.05) is 24.6 Å². The van der Waals surface area contributed by atoms with E-state index in [1.807, 2.05) is 0 Å². The van der Waals surface area contributed by atoms with Crippen LogP contribution < -0.4 is 10.6 Å². The number of benzene rings is 1. The van der Waals surface area contributed by atoms with E-state index in [1.165, 1.54) is 31.4 Å². The summed E-state index contributed by atoms with van der Waals surface area (Å²) in [6, 6.07) is 8.57. The highest BCUT2D eigenvalue weighted by Crippen LogP contribution is 2.10. The van der Waals surface area contributed by atoms with Crippen molar-refractivity contribution in [2.75, 3.05) is 26.2 Å². The van der Waals surface area contributed by atoms with Gasteiger partial charge < -0.3 is 15.5 Å². The van der Waals surface area contributed by atoms with Crippen molar-refractivity contribution in [3.63, 3.8) is 0 Å². The van der Waals surface area contributed by atoms with Gasteiger partial charge in [-0.05, 0) is 38.1 Å². The van der Waals surface area contributed by atoms with Crippen molar-refractivity contribution in [3.05, 3.63) is 59.4 Å². The van der Waals surface area contributed by atoms with Crippen molar-refractivity contribution in [3.8, 4) is 0 Å². The third-order valence-electron chi connectivity index (χ3n) is 4.56. The summed E-state index contributed by atoms with van der Waals surface area (Å²) >= 11 is 0.